The number of halogens is 1. The molecule has 0 saturated carbocycles. The molecule has 24 heavy (non-hydrogen) atoms. The lowest BCUT2D eigenvalue weighted by molar-refractivity contribution is 0.426. The fourth-order valence-corrected chi connectivity index (χ4v) is 2.81. The number of anilines is 2. The maximum absolute atomic E-state index is 9.27. The van der Waals surface area contributed by atoms with Crippen LogP contribution < -0.4 is 10.4 Å². The molecule has 0 aliphatic carbocycles. The van der Waals surface area contributed by atoms with E-state index in [0.717, 1.165) is 22.4 Å². The first-order valence-corrected chi connectivity index (χ1v) is 8.46. The zero-order valence-electron chi connectivity index (χ0n) is 13.0. The van der Waals surface area contributed by atoms with Crippen LogP contribution in [0.1, 0.15) is 5.56 Å². The summed E-state index contributed by atoms with van der Waals surface area (Å²) in [5, 5.41) is 18.5. The van der Waals surface area contributed by atoms with Gasteiger partial charge in [0.25, 0.3) is 0 Å². The lowest BCUT2D eigenvalue weighted by Gasteiger charge is -2.25. The molecule has 0 fully saturated rings. The molecule has 3 nitrogen and oxygen atoms in total. The molecule has 0 aliphatic rings. The zero-order valence-corrected chi connectivity index (χ0v) is 14.6. The van der Waals surface area contributed by atoms with Crippen molar-refractivity contribution in [2.24, 2.45) is 0 Å². The van der Waals surface area contributed by atoms with Crippen molar-refractivity contribution < 1.29 is 10.0 Å². The van der Waals surface area contributed by atoms with Crippen molar-refractivity contribution in [1.82, 2.24) is 0 Å². The molecule has 0 saturated heterocycles. The van der Waals surface area contributed by atoms with Gasteiger partial charge >= 0.3 is 7.12 Å². The second-order valence-corrected chi connectivity index (χ2v) is 6.43. The van der Waals surface area contributed by atoms with E-state index < -0.39 is 7.12 Å². The van der Waals surface area contributed by atoms with Gasteiger partial charge in [-0.15, -0.1) is 0 Å². The van der Waals surface area contributed by atoms with E-state index in [1.54, 1.807) is 12.1 Å². The van der Waals surface area contributed by atoms with Crippen LogP contribution in [-0.2, 0) is 6.54 Å². The third-order valence-electron chi connectivity index (χ3n) is 3.82. The highest BCUT2D eigenvalue weighted by Crippen LogP contribution is 2.28. The minimum atomic E-state index is -1.45. The molecule has 0 radical (unpaired) electrons. The molecule has 0 heterocycles. The van der Waals surface area contributed by atoms with E-state index in [-0.39, 0.29) is 0 Å². The van der Waals surface area contributed by atoms with E-state index in [9.17, 15) is 10.0 Å². The molecule has 3 rings (SSSR count). The number of nitrogens with zero attached hydrogens (tertiary/aromatic N) is 1. The third kappa shape index (κ3) is 4.06. The number of benzene rings is 3. The van der Waals surface area contributed by atoms with E-state index in [2.05, 4.69) is 45.1 Å². The van der Waals surface area contributed by atoms with Gasteiger partial charge in [0.1, 0.15) is 0 Å². The second kappa shape index (κ2) is 7.66. The summed E-state index contributed by atoms with van der Waals surface area (Å²) in [4.78, 5) is 2.19. The summed E-state index contributed by atoms with van der Waals surface area (Å²) in [5.74, 6) is 0. The van der Waals surface area contributed by atoms with Crippen molar-refractivity contribution in [2.75, 3.05) is 4.90 Å². The van der Waals surface area contributed by atoms with Gasteiger partial charge in [0.15, 0.2) is 0 Å². The van der Waals surface area contributed by atoms with Crippen LogP contribution in [0.25, 0.3) is 0 Å². The number of hydrogen-bond acceptors (Lipinski definition) is 3. The Bertz CT molecular complexity index is 777. The minimum absolute atomic E-state index is 0.481. The monoisotopic (exact) mass is 381 g/mol. The first-order valence-electron chi connectivity index (χ1n) is 7.66. The molecule has 0 bridgehead atoms. The highest BCUT2D eigenvalue weighted by molar-refractivity contribution is 9.10. The molecule has 0 amide bonds. The van der Waals surface area contributed by atoms with Crippen LogP contribution in [-0.4, -0.2) is 17.2 Å². The van der Waals surface area contributed by atoms with Gasteiger partial charge in [0.05, 0.1) is 0 Å². The average Bonchev–Trinajstić information content (AvgIpc) is 2.62. The Morgan fingerprint density at radius 1 is 0.750 bits per heavy atom. The van der Waals surface area contributed by atoms with Gasteiger partial charge in [-0.2, -0.15) is 0 Å². The molecule has 5 heteroatoms. The van der Waals surface area contributed by atoms with Crippen molar-refractivity contribution in [3.63, 3.8) is 0 Å². The molecule has 0 unspecified atom stereocenters. The summed E-state index contributed by atoms with van der Waals surface area (Å²) in [7, 11) is -1.45. The first kappa shape index (κ1) is 16.8. The Morgan fingerprint density at radius 3 is 1.83 bits per heavy atom. The summed E-state index contributed by atoms with van der Waals surface area (Å²) < 4.78 is 1.03. The maximum Gasteiger partial charge on any atom is 0.488 e. The molecule has 0 aromatic heterocycles. The van der Waals surface area contributed by atoms with Crippen LogP contribution in [0.5, 0.6) is 0 Å². The summed E-state index contributed by atoms with van der Waals surface area (Å²) in [5.41, 5.74) is 3.74. The molecular weight excluding hydrogens is 365 g/mol. The molecule has 2 N–H and O–H groups in total. The van der Waals surface area contributed by atoms with Crippen LogP contribution >= 0.6 is 15.9 Å². The van der Waals surface area contributed by atoms with Gasteiger partial charge in [-0.3, -0.25) is 0 Å². The predicted molar refractivity (Wildman–Crippen MR) is 103 cm³/mol. The SMILES string of the molecule is OB(O)c1ccc(N(Cc2ccccc2)c2ccc(Br)cc2)cc1. The van der Waals surface area contributed by atoms with E-state index in [4.69, 9.17) is 0 Å². The van der Waals surface area contributed by atoms with Gasteiger partial charge in [0.2, 0.25) is 0 Å². The Morgan fingerprint density at radius 2 is 1.29 bits per heavy atom. The second-order valence-electron chi connectivity index (χ2n) is 5.51. The number of hydrogen-bond donors (Lipinski definition) is 2. The third-order valence-corrected chi connectivity index (χ3v) is 4.35. The molecule has 0 atom stereocenters. The van der Waals surface area contributed by atoms with E-state index >= 15 is 0 Å². The topological polar surface area (TPSA) is 43.7 Å². The van der Waals surface area contributed by atoms with E-state index in [1.807, 2.05) is 42.5 Å². The first-order chi connectivity index (χ1) is 11.6. The molecule has 0 spiro atoms. The quantitative estimate of drug-likeness (QED) is 0.665. The largest absolute Gasteiger partial charge is 0.488 e. The fraction of sp³-hybridized carbons (Fsp3) is 0.0526. The van der Waals surface area contributed by atoms with E-state index in [1.165, 1.54) is 5.56 Å². The lowest BCUT2D eigenvalue weighted by Crippen LogP contribution is -2.29. The normalized spacial score (nSPS) is 10.5. The minimum Gasteiger partial charge on any atom is -0.423 e. The van der Waals surface area contributed by atoms with Crippen molar-refractivity contribution in [2.45, 2.75) is 6.54 Å². The van der Waals surface area contributed by atoms with Gasteiger partial charge < -0.3 is 14.9 Å². The maximum atomic E-state index is 9.27. The van der Waals surface area contributed by atoms with E-state index in [0.29, 0.717) is 5.46 Å². The van der Waals surface area contributed by atoms with Gasteiger partial charge in [-0.25, -0.2) is 0 Å². The predicted octanol–water partition coefficient (Wildman–Crippen LogP) is 3.47. The van der Waals surface area contributed by atoms with Gasteiger partial charge in [0, 0.05) is 22.4 Å². The van der Waals surface area contributed by atoms with Crippen LogP contribution in [0.4, 0.5) is 11.4 Å². The van der Waals surface area contributed by atoms with Crippen molar-refractivity contribution in [3.05, 3.63) is 88.9 Å². The molecule has 0 aliphatic heterocycles. The van der Waals surface area contributed by atoms with Crippen molar-refractivity contribution in [1.29, 1.82) is 0 Å². The Hall–Kier alpha value is -2.08. The molecule has 120 valence electrons. The summed E-state index contributed by atoms with van der Waals surface area (Å²) in [6.07, 6.45) is 0. The fourth-order valence-electron chi connectivity index (χ4n) is 2.55. The molecular formula is C19H17BBrNO2. The van der Waals surface area contributed by atoms with Crippen LogP contribution in [0.2, 0.25) is 0 Å². The highest BCUT2D eigenvalue weighted by Gasteiger charge is 2.14. The highest BCUT2D eigenvalue weighted by atomic mass is 79.9. The Balaban J connectivity index is 1.96. The van der Waals surface area contributed by atoms with Gasteiger partial charge in [-0.1, -0.05) is 58.4 Å². The van der Waals surface area contributed by atoms with Crippen LogP contribution in [0.3, 0.4) is 0 Å². The summed E-state index contributed by atoms with van der Waals surface area (Å²) >= 11 is 3.47. The van der Waals surface area contributed by atoms with Crippen molar-refractivity contribution in [3.8, 4) is 0 Å². The lowest BCUT2D eigenvalue weighted by atomic mass is 9.80. The van der Waals surface area contributed by atoms with Crippen LogP contribution in [0.15, 0.2) is 83.3 Å². The number of rotatable bonds is 5. The van der Waals surface area contributed by atoms with Crippen molar-refractivity contribution >= 4 is 39.9 Å². The van der Waals surface area contributed by atoms with Crippen LogP contribution in [0, 0.1) is 0 Å². The molecule has 3 aromatic carbocycles. The Labute approximate surface area is 150 Å². The Kier molecular flexibility index (Phi) is 5.36. The summed E-state index contributed by atoms with van der Waals surface area (Å²) in [6.45, 7) is 0.726. The standard InChI is InChI=1S/C19H17BBrNO2/c21-17-8-12-19(13-9-17)22(14-15-4-2-1-3-5-15)18-10-6-16(7-11-18)20(23)24/h1-13,23-24H,14H2. The van der Waals surface area contributed by atoms with Gasteiger partial charge in [-0.05, 0) is 47.4 Å². The smallest absolute Gasteiger partial charge is 0.423 e. The average molecular weight is 382 g/mol. The zero-order chi connectivity index (χ0) is 16.9. The summed E-state index contributed by atoms with van der Waals surface area (Å²) in [6, 6.07) is 25.7. The molecule has 3 aromatic rings.